The molecule has 0 aromatic heterocycles. The lowest BCUT2D eigenvalue weighted by atomic mass is 9.99. The van der Waals surface area contributed by atoms with Crippen molar-refractivity contribution in [2.45, 2.75) is 12.1 Å². The molecule has 0 radical (unpaired) electrons. The molecule has 0 amide bonds. The third kappa shape index (κ3) is 3.54. The van der Waals surface area contributed by atoms with E-state index in [-0.39, 0.29) is 0 Å². The number of aliphatic hydroxyl groups excluding tert-OH is 1. The number of carboxylic acids is 1. The molecule has 5 heteroatoms. The molecule has 0 aliphatic carbocycles. The van der Waals surface area contributed by atoms with Crippen molar-refractivity contribution in [1.29, 1.82) is 0 Å². The number of rotatable bonds is 5. The van der Waals surface area contributed by atoms with E-state index in [0.717, 1.165) is 11.3 Å². The van der Waals surface area contributed by atoms with Crippen molar-refractivity contribution in [2.24, 2.45) is 0 Å². The highest BCUT2D eigenvalue weighted by molar-refractivity contribution is 6.30. The molecule has 0 aliphatic rings. The van der Waals surface area contributed by atoms with Gasteiger partial charge in [0.15, 0.2) is 6.10 Å². The van der Waals surface area contributed by atoms with Crippen molar-refractivity contribution in [3.63, 3.8) is 0 Å². The summed E-state index contributed by atoms with van der Waals surface area (Å²) in [6, 6.07) is 15.4. The standard InChI is InChI=1S/C16H16ClNO3/c1-18(13-9-5-8-12(17)10-13)14(15(19)16(20)21)11-6-3-2-4-7-11/h2-10,14-15,19H,1H3,(H,20,21). The molecule has 2 aromatic carbocycles. The van der Waals surface area contributed by atoms with Crippen LogP contribution < -0.4 is 4.90 Å². The first kappa shape index (κ1) is 15.4. The van der Waals surface area contributed by atoms with Crippen LogP contribution in [0.25, 0.3) is 0 Å². The molecule has 0 spiro atoms. The fourth-order valence-corrected chi connectivity index (χ4v) is 2.44. The minimum Gasteiger partial charge on any atom is -0.479 e. The Balaban J connectivity index is 2.42. The van der Waals surface area contributed by atoms with Crippen molar-refractivity contribution in [2.75, 3.05) is 11.9 Å². The van der Waals surface area contributed by atoms with Crippen molar-refractivity contribution >= 4 is 23.3 Å². The molecule has 110 valence electrons. The fourth-order valence-electron chi connectivity index (χ4n) is 2.26. The zero-order chi connectivity index (χ0) is 15.4. The Morgan fingerprint density at radius 3 is 2.38 bits per heavy atom. The van der Waals surface area contributed by atoms with E-state index in [0.29, 0.717) is 5.02 Å². The number of carbonyl (C=O) groups is 1. The maximum absolute atomic E-state index is 11.2. The van der Waals surface area contributed by atoms with Crippen LogP contribution in [0.4, 0.5) is 5.69 Å². The van der Waals surface area contributed by atoms with Crippen LogP contribution in [0, 0.1) is 0 Å². The van der Waals surface area contributed by atoms with Gasteiger partial charge in [-0.25, -0.2) is 4.79 Å². The van der Waals surface area contributed by atoms with Gasteiger partial charge in [-0.3, -0.25) is 0 Å². The molecule has 2 atom stereocenters. The lowest BCUT2D eigenvalue weighted by Gasteiger charge is -2.32. The predicted octanol–water partition coefficient (Wildman–Crippen LogP) is 2.96. The average Bonchev–Trinajstić information content (AvgIpc) is 2.48. The smallest absolute Gasteiger partial charge is 0.335 e. The molecular weight excluding hydrogens is 290 g/mol. The molecule has 0 bridgehead atoms. The minimum absolute atomic E-state index is 0.552. The van der Waals surface area contributed by atoms with Crippen LogP contribution in [0.1, 0.15) is 11.6 Å². The van der Waals surface area contributed by atoms with Crippen LogP contribution in [0.15, 0.2) is 54.6 Å². The van der Waals surface area contributed by atoms with E-state index in [1.807, 2.05) is 24.3 Å². The first-order valence-corrected chi connectivity index (χ1v) is 6.82. The first-order chi connectivity index (χ1) is 10.0. The number of aliphatic hydroxyl groups is 1. The Bertz CT molecular complexity index is 618. The highest BCUT2D eigenvalue weighted by Crippen LogP contribution is 2.30. The highest BCUT2D eigenvalue weighted by Gasteiger charge is 2.31. The monoisotopic (exact) mass is 305 g/mol. The van der Waals surface area contributed by atoms with E-state index in [1.54, 1.807) is 42.3 Å². The summed E-state index contributed by atoms with van der Waals surface area (Å²) in [5.41, 5.74) is 1.45. The molecule has 0 saturated heterocycles. The Kier molecular flexibility index (Phi) is 4.83. The maximum Gasteiger partial charge on any atom is 0.335 e. The summed E-state index contributed by atoms with van der Waals surface area (Å²) in [7, 11) is 1.73. The molecule has 4 nitrogen and oxygen atoms in total. The second kappa shape index (κ2) is 6.61. The Morgan fingerprint density at radius 2 is 1.81 bits per heavy atom. The van der Waals surface area contributed by atoms with Gasteiger partial charge in [-0.1, -0.05) is 48.0 Å². The summed E-state index contributed by atoms with van der Waals surface area (Å²) in [6.07, 6.45) is -1.55. The number of aliphatic carboxylic acids is 1. The lowest BCUT2D eigenvalue weighted by molar-refractivity contribution is -0.147. The number of benzene rings is 2. The summed E-state index contributed by atoms with van der Waals surface area (Å²) in [6.45, 7) is 0. The topological polar surface area (TPSA) is 60.8 Å². The SMILES string of the molecule is CN(c1cccc(Cl)c1)C(c1ccccc1)C(O)C(=O)O. The molecule has 2 unspecified atom stereocenters. The molecule has 21 heavy (non-hydrogen) atoms. The van der Waals surface area contributed by atoms with Crippen molar-refractivity contribution in [1.82, 2.24) is 0 Å². The van der Waals surface area contributed by atoms with Crippen molar-refractivity contribution in [3.8, 4) is 0 Å². The van der Waals surface area contributed by atoms with Gasteiger partial charge in [0.1, 0.15) is 0 Å². The largest absolute Gasteiger partial charge is 0.479 e. The average molecular weight is 306 g/mol. The number of carboxylic acid groups (broad SMARTS) is 1. The first-order valence-electron chi connectivity index (χ1n) is 6.45. The highest BCUT2D eigenvalue weighted by atomic mass is 35.5. The maximum atomic E-state index is 11.2. The van der Waals surface area contributed by atoms with Gasteiger partial charge in [0.2, 0.25) is 0 Å². The van der Waals surface area contributed by atoms with Crippen LogP contribution >= 0.6 is 11.6 Å². The van der Waals surface area contributed by atoms with Gasteiger partial charge < -0.3 is 15.1 Å². The summed E-state index contributed by atoms with van der Waals surface area (Å²) in [4.78, 5) is 12.9. The van der Waals surface area contributed by atoms with E-state index < -0.39 is 18.1 Å². The normalized spacial score (nSPS) is 13.5. The number of likely N-dealkylation sites (N-methyl/N-ethyl adjacent to an activating group) is 1. The molecular formula is C16H16ClNO3. The van der Waals surface area contributed by atoms with Crippen LogP contribution in [-0.4, -0.2) is 29.3 Å². The second-order valence-corrected chi connectivity index (χ2v) is 5.17. The van der Waals surface area contributed by atoms with Gasteiger partial charge >= 0.3 is 5.97 Å². The van der Waals surface area contributed by atoms with Crippen molar-refractivity contribution in [3.05, 3.63) is 65.2 Å². The van der Waals surface area contributed by atoms with Gasteiger partial charge in [-0.15, -0.1) is 0 Å². The van der Waals surface area contributed by atoms with Crippen molar-refractivity contribution < 1.29 is 15.0 Å². The number of anilines is 1. The van der Waals surface area contributed by atoms with Crippen LogP contribution in [-0.2, 0) is 4.79 Å². The van der Waals surface area contributed by atoms with E-state index in [9.17, 15) is 9.90 Å². The summed E-state index contributed by atoms with van der Waals surface area (Å²) in [5.74, 6) is -1.27. The Hall–Kier alpha value is -2.04. The minimum atomic E-state index is -1.55. The van der Waals surface area contributed by atoms with E-state index in [1.165, 1.54) is 0 Å². The van der Waals surface area contributed by atoms with Gasteiger partial charge in [0.05, 0.1) is 6.04 Å². The van der Waals surface area contributed by atoms with Gasteiger partial charge in [-0.05, 0) is 23.8 Å². The zero-order valence-electron chi connectivity index (χ0n) is 11.5. The zero-order valence-corrected chi connectivity index (χ0v) is 12.2. The molecule has 0 saturated carbocycles. The number of hydrogen-bond donors (Lipinski definition) is 2. The Morgan fingerprint density at radius 1 is 1.14 bits per heavy atom. The third-order valence-corrected chi connectivity index (χ3v) is 3.56. The number of hydrogen-bond acceptors (Lipinski definition) is 3. The quantitative estimate of drug-likeness (QED) is 0.891. The van der Waals surface area contributed by atoms with E-state index in [4.69, 9.17) is 16.7 Å². The fraction of sp³-hybridized carbons (Fsp3) is 0.188. The van der Waals surface area contributed by atoms with Crippen LogP contribution in [0.2, 0.25) is 5.02 Å². The number of halogens is 1. The van der Waals surface area contributed by atoms with Gasteiger partial charge in [0, 0.05) is 17.8 Å². The molecule has 2 rings (SSSR count). The van der Waals surface area contributed by atoms with E-state index in [2.05, 4.69) is 0 Å². The predicted molar refractivity (Wildman–Crippen MR) is 82.7 cm³/mol. The molecule has 2 N–H and O–H groups in total. The third-order valence-electron chi connectivity index (χ3n) is 3.33. The van der Waals surface area contributed by atoms with Crippen LogP contribution in [0.3, 0.4) is 0 Å². The molecule has 0 aliphatic heterocycles. The van der Waals surface area contributed by atoms with Gasteiger partial charge in [0.25, 0.3) is 0 Å². The second-order valence-electron chi connectivity index (χ2n) is 4.73. The summed E-state index contributed by atoms with van der Waals surface area (Å²) < 4.78 is 0. The van der Waals surface area contributed by atoms with E-state index >= 15 is 0 Å². The lowest BCUT2D eigenvalue weighted by Crippen LogP contribution is -2.38. The number of nitrogens with zero attached hydrogens (tertiary/aromatic N) is 1. The van der Waals surface area contributed by atoms with Gasteiger partial charge in [-0.2, -0.15) is 0 Å². The molecule has 2 aromatic rings. The molecule has 0 heterocycles. The molecule has 0 fully saturated rings. The van der Waals surface area contributed by atoms with Crippen LogP contribution in [0.5, 0.6) is 0 Å². The summed E-state index contributed by atoms with van der Waals surface area (Å²) >= 11 is 5.98. The summed E-state index contributed by atoms with van der Waals surface area (Å²) in [5, 5.41) is 19.8. The Labute approximate surface area is 128 Å².